The molecule has 2 aromatic rings. The van der Waals surface area contributed by atoms with Crippen LogP contribution in [0.2, 0.25) is 0 Å². The summed E-state index contributed by atoms with van der Waals surface area (Å²) in [6.45, 7) is 3.37. The minimum atomic E-state index is -1.28. The average molecular weight is 287 g/mol. The Morgan fingerprint density at radius 3 is 2.48 bits per heavy atom. The van der Waals surface area contributed by atoms with Crippen molar-refractivity contribution in [2.75, 3.05) is 5.32 Å². The number of aryl methyl sites for hydroxylation is 2. The molecule has 1 aromatic heterocycles. The van der Waals surface area contributed by atoms with Gasteiger partial charge in [0.2, 0.25) is 0 Å². The maximum atomic E-state index is 12.2. The van der Waals surface area contributed by atoms with E-state index in [1.807, 2.05) is 0 Å². The lowest BCUT2D eigenvalue weighted by Crippen LogP contribution is -2.15. The highest BCUT2D eigenvalue weighted by molar-refractivity contribution is 6.05. The number of anilines is 1. The van der Waals surface area contributed by atoms with Crippen molar-refractivity contribution in [3.05, 3.63) is 46.8 Å². The monoisotopic (exact) mass is 287 g/mol. The van der Waals surface area contributed by atoms with Crippen molar-refractivity contribution in [1.82, 2.24) is 10.2 Å². The molecule has 0 bridgehead atoms. The molecule has 0 fully saturated rings. The molecular formula is C14H13N3O4. The molecule has 21 heavy (non-hydrogen) atoms. The van der Waals surface area contributed by atoms with Gasteiger partial charge in [-0.2, -0.15) is 10.2 Å². The van der Waals surface area contributed by atoms with E-state index in [4.69, 9.17) is 5.11 Å². The number of carbonyl (C=O) groups is 2. The Bertz CT molecular complexity index is 728. The molecule has 7 nitrogen and oxygen atoms in total. The Balaban J connectivity index is 2.29. The fourth-order valence-electron chi connectivity index (χ4n) is 1.76. The van der Waals surface area contributed by atoms with Crippen LogP contribution in [0.3, 0.4) is 0 Å². The van der Waals surface area contributed by atoms with Crippen LogP contribution in [0.5, 0.6) is 5.75 Å². The van der Waals surface area contributed by atoms with Crippen LogP contribution in [-0.4, -0.2) is 32.3 Å². The van der Waals surface area contributed by atoms with E-state index in [1.54, 1.807) is 19.9 Å². The molecule has 0 aliphatic rings. The second-order valence-electron chi connectivity index (χ2n) is 4.48. The highest BCUT2D eigenvalue weighted by atomic mass is 16.4. The Morgan fingerprint density at radius 2 is 1.81 bits per heavy atom. The SMILES string of the molecule is Cc1cc(C(=O)Nc2ccc(O)c(C(=O)O)c2)c(C)nn1. The Labute approximate surface area is 120 Å². The minimum Gasteiger partial charge on any atom is -0.507 e. The lowest BCUT2D eigenvalue weighted by Gasteiger charge is -2.08. The second-order valence-corrected chi connectivity index (χ2v) is 4.48. The molecule has 0 unspecified atom stereocenters. The number of carboxylic acids is 1. The van der Waals surface area contributed by atoms with Gasteiger partial charge < -0.3 is 15.5 Å². The number of amides is 1. The second kappa shape index (κ2) is 5.58. The number of rotatable bonds is 3. The molecule has 0 radical (unpaired) electrons. The number of nitrogens with one attached hydrogen (secondary N) is 1. The predicted molar refractivity (Wildman–Crippen MR) is 74.5 cm³/mol. The fraction of sp³-hybridized carbons (Fsp3) is 0.143. The number of aromatic carboxylic acids is 1. The molecule has 1 heterocycles. The molecule has 0 spiro atoms. The van der Waals surface area contributed by atoms with Gasteiger partial charge in [0.05, 0.1) is 17.0 Å². The summed E-state index contributed by atoms with van der Waals surface area (Å²) in [5.41, 5.74) is 1.41. The zero-order valence-corrected chi connectivity index (χ0v) is 11.4. The Morgan fingerprint density at radius 1 is 1.10 bits per heavy atom. The van der Waals surface area contributed by atoms with Gasteiger partial charge in [-0.05, 0) is 38.1 Å². The van der Waals surface area contributed by atoms with Crippen molar-refractivity contribution in [1.29, 1.82) is 0 Å². The number of hydrogen-bond acceptors (Lipinski definition) is 5. The van der Waals surface area contributed by atoms with Crippen LogP contribution >= 0.6 is 0 Å². The lowest BCUT2D eigenvalue weighted by atomic mass is 10.1. The number of benzene rings is 1. The molecule has 0 aliphatic heterocycles. The zero-order valence-electron chi connectivity index (χ0n) is 11.4. The first-order valence-electron chi connectivity index (χ1n) is 6.07. The molecule has 1 aromatic carbocycles. The van der Waals surface area contributed by atoms with Gasteiger partial charge in [-0.25, -0.2) is 4.79 Å². The maximum absolute atomic E-state index is 12.2. The topological polar surface area (TPSA) is 112 Å². The summed E-state index contributed by atoms with van der Waals surface area (Å²) in [6, 6.07) is 5.40. The van der Waals surface area contributed by atoms with E-state index in [-0.39, 0.29) is 17.0 Å². The molecule has 2 rings (SSSR count). The molecule has 0 saturated heterocycles. The number of carbonyl (C=O) groups excluding carboxylic acids is 1. The molecule has 1 amide bonds. The van der Waals surface area contributed by atoms with E-state index in [0.717, 1.165) is 0 Å². The van der Waals surface area contributed by atoms with Gasteiger partial charge in [0.25, 0.3) is 5.91 Å². The van der Waals surface area contributed by atoms with Crippen molar-refractivity contribution in [3.63, 3.8) is 0 Å². The highest BCUT2D eigenvalue weighted by Crippen LogP contribution is 2.22. The summed E-state index contributed by atoms with van der Waals surface area (Å²) in [5, 5.41) is 28.6. The lowest BCUT2D eigenvalue weighted by molar-refractivity contribution is 0.0693. The number of phenols is 1. The van der Waals surface area contributed by atoms with E-state index in [1.165, 1.54) is 18.2 Å². The van der Waals surface area contributed by atoms with Gasteiger partial charge in [0.15, 0.2) is 0 Å². The molecule has 7 heteroatoms. The average Bonchev–Trinajstić information content (AvgIpc) is 2.43. The third kappa shape index (κ3) is 3.14. The fourth-order valence-corrected chi connectivity index (χ4v) is 1.76. The van der Waals surface area contributed by atoms with Gasteiger partial charge in [-0.3, -0.25) is 4.79 Å². The molecule has 108 valence electrons. The van der Waals surface area contributed by atoms with Gasteiger partial charge in [0.1, 0.15) is 11.3 Å². The minimum absolute atomic E-state index is 0.268. The molecule has 3 N–H and O–H groups in total. The third-order valence-electron chi connectivity index (χ3n) is 2.83. The summed E-state index contributed by atoms with van der Waals surface area (Å²) in [5.74, 6) is -2.06. The van der Waals surface area contributed by atoms with Gasteiger partial charge in [-0.1, -0.05) is 0 Å². The number of aromatic hydroxyl groups is 1. The van der Waals surface area contributed by atoms with Crippen LogP contribution in [-0.2, 0) is 0 Å². The first kappa shape index (κ1) is 14.4. The van der Waals surface area contributed by atoms with Crippen LogP contribution in [0.15, 0.2) is 24.3 Å². The summed E-state index contributed by atoms with van der Waals surface area (Å²) in [6.07, 6.45) is 0. The molecule has 0 saturated carbocycles. The van der Waals surface area contributed by atoms with Crippen LogP contribution in [0, 0.1) is 13.8 Å². The largest absolute Gasteiger partial charge is 0.507 e. The zero-order chi connectivity index (χ0) is 15.6. The number of hydrogen-bond donors (Lipinski definition) is 3. The van der Waals surface area contributed by atoms with Crippen LogP contribution in [0.1, 0.15) is 32.1 Å². The van der Waals surface area contributed by atoms with E-state index in [0.29, 0.717) is 17.0 Å². The van der Waals surface area contributed by atoms with Crippen molar-refractivity contribution in [3.8, 4) is 5.75 Å². The highest BCUT2D eigenvalue weighted by Gasteiger charge is 2.14. The molecular weight excluding hydrogens is 274 g/mol. The Kier molecular flexibility index (Phi) is 3.84. The van der Waals surface area contributed by atoms with Crippen LogP contribution < -0.4 is 5.32 Å². The van der Waals surface area contributed by atoms with E-state index >= 15 is 0 Å². The van der Waals surface area contributed by atoms with E-state index in [9.17, 15) is 14.7 Å². The van der Waals surface area contributed by atoms with Gasteiger partial charge >= 0.3 is 5.97 Å². The number of nitrogens with zero attached hydrogens (tertiary/aromatic N) is 2. The van der Waals surface area contributed by atoms with E-state index < -0.39 is 11.9 Å². The number of carboxylic acid groups (broad SMARTS) is 1. The molecule has 0 atom stereocenters. The first-order chi connectivity index (χ1) is 9.88. The van der Waals surface area contributed by atoms with Crippen molar-refractivity contribution < 1.29 is 19.8 Å². The van der Waals surface area contributed by atoms with Gasteiger partial charge in [0, 0.05) is 5.69 Å². The van der Waals surface area contributed by atoms with E-state index in [2.05, 4.69) is 15.5 Å². The standard InChI is InChI=1S/C14H13N3O4/c1-7-5-10(8(2)17-16-7)13(19)15-9-3-4-12(18)11(6-9)14(20)21/h3-6,18H,1-2H3,(H,15,19)(H,20,21). The van der Waals surface area contributed by atoms with Crippen LogP contribution in [0.4, 0.5) is 5.69 Å². The third-order valence-corrected chi connectivity index (χ3v) is 2.83. The maximum Gasteiger partial charge on any atom is 0.339 e. The summed E-state index contributed by atoms with van der Waals surface area (Å²) < 4.78 is 0. The Hall–Kier alpha value is -2.96. The van der Waals surface area contributed by atoms with Gasteiger partial charge in [-0.15, -0.1) is 0 Å². The van der Waals surface area contributed by atoms with Crippen molar-refractivity contribution in [2.24, 2.45) is 0 Å². The van der Waals surface area contributed by atoms with Crippen molar-refractivity contribution in [2.45, 2.75) is 13.8 Å². The summed E-state index contributed by atoms with van der Waals surface area (Å²) in [4.78, 5) is 23.1. The normalized spacial score (nSPS) is 10.2. The van der Waals surface area contributed by atoms with Crippen LogP contribution in [0.25, 0.3) is 0 Å². The van der Waals surface area contributed by atoms with Crippen molar-refractivity contribution >= 4 is 17.6 Å². The smallest absolute Gasteiger partial charge is 0.339 e. The summed E-state index contributed by atoms with van der Waals surface area (Å²) >= 11 is 0. The quantitative estimate of drug-likeness (QED) is 0.741. The predicted octanol–water partition coefficient (Wildman–Crippen LogP) is 1.75. The first-order valence-corrected chi connectivity index (χ1v) is 6.07. The molecule has 0 aliphatic carbocycles. The number of aromatic nitrogens is 2. The summed E-state index contributed by atoms with van der Waals surface area (Å²) in [7, 11) is 0.